The second-order valence-corrected chi connectivity index (χ2v) is 7.20. The maximum atomic E-state index is 12.7. The Labute approximate surface area is 170 Å². The van der Waals surface area contributed by atoms with Crippen LogP contribution in [0.5, 0.6) is 5.75 Å². The summed E-state index contributed by atoms with van der Waals surface area (Å²) in [5, 5.41) is 7.58. The van der Waals surface area contributed by atoms with E-state index in [2.05, 4.69) is 11.9 Å². The van der Waals surface area contributed by atoms with Gasteiger partial charge < -0.3 is 24.4 Å². The van der Waals surface area contributed by atoms with Gasteiger partial charge in [-0.15, -0.1) is 0 Å². The summed E-state index contributed by atoms with van der Waals surface area (Å²) in [4.78, 5) is 25.7. The minimum absolute atomic E-state index is 0.00359. The number of rotatable bonds is 2. The van der Waals surface area contributed by atoms with Gasteiger partial charge in [-0.05, 0) is 25.2 Å². The lowest BCUT2D eigenvalue weighted by Gasteiger charge is -2.19. The van der Waals surface area contributed by atoms with E-state index in [1.165, 1.54) is 0 Å². The highest BCUT2D eigenvalue weighted by Crippen LogP contribution is 2.28. The van der Waals surface area contributed by atoms with Crippen LogP contribution in [0.1, 0.15) is 10.4 Å². The van der Waals surface area contributed by atoms with Gasteiger partial charge in [-0.25, -0.2) is 4.79 Å². The SMILES string of the molecule is COc1ccc(C(=O)N2C[C@@H]3CN(C)CCO[C@@H]3C2)cc1Cl.O=C(O)C(F)(F)F. The molecule has 0 bridgehead atoms. The zero-order chi connectivity index (χ0) is 21.8. The number of carboxylic acids is 1. The summed E-state index contributed by atoms with van der Waals surface area (Å²) in [6, 6.07) is 5.16. The van der Waals surface area contributed by atoms with E-state index in [1.807, 2.05) is 4.90 Å². The summed E-state index contributed by atoms with van der Waals surface area (Å²) in [5.74, 6) is -1.80. The number of likely N-dealkylation sites (N-methyl/N-ethyl adjacent to an activating group) is 1. The first-order valence-electron chi connectivity index (χ1n) is 8.76. The van der Waals surface area contributed by atoms with Crippen LogP contribution in [0, 0.1) is 5.92 Å². The van der Waals surface area contributed by atoms with E-state index < -0.39 is 12.1 Å². The molecule has 0 aliphatic carbocycles. The summed E-state index contributed by atoms with van der Waals surface area (Å²) >= 11 is 6.12. The van der Waals surface area contributed by atoms with E-state index in [-0.39, 0.29) is 12.0 Å². The maximum Gasteiger partial charge on any atom is 0.490 e. The van der Waals surface area contributed by atoms with E-state index >= 15 is 0 Å². The second-order valence-electron chi connectivity index (χ2n) is 6.79. The van der Waals surface area contributed by atoms with E-state index in [9.17, 15) is 18.0 Å². The Kier molecular flexibility index (Phi) is 7.73. The fourth-order valence-electron chi connectivity index (χ4n) is 3.20. The highest BCUT2D eigenvalue weighted by Gasteiger charge is 2.39. The minimum atomic E-state index is -5.08. The zero-order valence-electron chi connectivity index (χ0n) is 15.9. The third kappa shape index (κ3) is 6.22. The molecule has 1 aromatic carbocycles. The zero-order valence-corrected chi connectivity index (χ0v) is 16.7. The molecule has 11 heteroatoms. The molecule has 162 valence electrons. The van der Waals surface area contributed by atoms with Crippen molar-refractivity contribution >= 4 is 23.5 Å². The number of methoxy groups -OCH3 is 1. The van der Waals surface area contributed by atoms with E-state index in [0.29, 0.717) is 28.8 Å². The quantitative estimate of drug-likeness (QED) is 0.763. The van der Waals surface area contributed by atoms with Crippen molar-refractivity contribution in [2.75, 3.05) is 46.9 Å². The Morgan fingerprint density at radius 2 is 1.93 bits per heavy atom. The smallest absolute Gasteiger partial charge is 0.490 e. The van der Waals surface area contributed by atoms with Crippen LogP contribution in [0.15, 0.2) is 18.2 Å². The lowest BCUT2D eigenvalue weighted by atomic mass is 10.1. The van der Waals surface area contributed by atoms with Gasteiger partial charge in [0, 0.05) is 37.7 Å². The maximum absolute atomic E-state index is 12.7. The molecule has 0 unspecified atom stereocenters. The summed E-state index contributed by atoms with van der Waals surface area (Å²) in [7, 11) is 3.66. The Bertz CT molecular complexity index is 747. The summed E-state index contributed by atoms with van der Waals surface area (Å²) in [5.41, 5.74) is 0.593. The Morgan fingerprint density at radius 1 is 1.28 bits per heavy atom. The minimum Gasteiger partial charge on any atom is -0.495 e. The third-order valence-electron chi connectivity index (χ3n) is 4.66. The molecule has 0 radical (unpaired) electrons. The number of benzene rings is 1. The number of amides is 1. The first kappa shape index (κ1) is 23.2. The number of likely N-dealkylation sites (tertiary alicyclic amines) is 1. The van der Waals surface area contributed by atoms with Gasteiger partial charge in [0.2, 0.25) is 0 Å². The molecule has 3 rings (SSSR count). The number of hydrogen-bond acceptors (Lipinski definition) is 5. The largest absolute Gasteiger partial charge is 0.495 e. The molecule has 2 atom stereocenters. The highest BCUT2D eigenvalue weighted by atomic mass is 35.5. The molecular weight excluding hydrogens is 417 g/mol. The fraction of sp³-hybridized carbons (Fsp3) is 0.556. The normalized spacial score (nSPS) is 22.2. The van der Waals surface area contributed by atoms with Crippen molar-refractivity contribution in [1.29, 1.82) is 0 Å². The van der Waals surface area contributed by atoms with Gasteiger partial charge in [0.15, 0.2) is 0 Å². The van der Waals surface area contributed by atoms with E-state index in [4.69, 9.17) is 31.0 Å². The van der Waals surface area contributed by atoms with Crippen molar-refractivity contribution in [2.45, 2.75) is 12.3 Å². The Balaban J connectivity index is 0.000000370. The molecule has 0 aromatic heterocycles. The molecular formula is C18H22ClF3N2O5. The van der Waals surface area contributed by atoms with Crippen LogP contribution in [-0.2, 0) is 9.53 Å². The molecule has 1 N–H and O–H groups in total. The second kappa shape index (κ2) is 9.64. The summed E-state index contributed by atoms with van der Waals surface area (Å²) < 4.78 is 42.8. The third-order valence-corrected chi connectivity index (χ3v) is 4.96. The van der Waals surface area contributed by atoms with E-state index in [1.54, 1.807) is 25.3 Å². The van der Waals surface area contributed by atoms with E-state index in [0.717, 1.165) is 26.2 Å². The number of nitrogens with zero attached hydrogens (tertiary/aromatic N) is 2. The topological polar surface area (TPSA) is 79.3 Å². The number of carbonyl (C=O) groups excluding carboxylic acids is 1. The first-order chi connectivity index (χ1) is 13.5. The highest BCUT2D eigenvalue weighted by molar-refractivity contribution is 6.32. The number of carbonyl (C=O) groups is 2. The van der Waals surface area contributed by atoms with Crippen molar-refractivity contribution in [3.05, 3.63) is 28.8 Å². The van der Waals surface area contributed by atoms with Crippen LogP contribution in [0.2, 0.25) is 5.02 Å². The number of alkyl halides is 3. The van der Waals surface area contributed by atoms with Gasteiger partial charge in [-0.3, -0.25) is 4.79 Å². The van der Waals surface area contributed by atoms with Crippen molar-refractivity contribution < 1.29 is 37.3 Å². The number of fused-ring (bicyclic) bond motifs is 1. The molecule has 2 aliphatic heterocycles. The standard InChI is InChI=1S/C16H21ClN2O3.C2HF3O2/c1-18-5-6-22-15-10-19(9-12(15)8-18)16(20)11-3-4-14(21-2)13(17)7-11;3-2(4,5)1(6)7/h3-4,7,12,15H,5-6,8-10H2,1-2H3;(H,6,7)/t12-,15+;/m0./s1. The van der Waals surface area contributed by atoms with Crippen molar-refractivity contribution in [3.63, 3.8) is 0 Å². The van der Waals surface area contributed by atoms with Crippen LogP contribution in [0.4, 0.5) is 13.2 Å². The van der Waals surface area contributed by atoms with Crippen molar-refractivity contribution in [1.82, 2.24) is 9.80 Å². The first-order valence-corrected chi connectivity index (χ1v) is 9.13. The molecule has 2 fully saturated rings. The molecule has 0 saturated carbocycles. The Hall–Kier alpha value is -2.04. The van der Waals surface area contributed by atoms with Crippen molar-refractivity contribution in [3.8, 4) is 5.75 Å². The fourth-order valence-corrected chi connectivity index (χ4v) is 3.46. The molecule has 1 amide bonds. The molecule has 1 aromatic rings. The van der Waals surface area contributed by atoms with Crippen LogP contribution < -0.4 is 4.74 Å². The van der Waals surface area contributed by atoms with Crippen LogP contribution >= 0.6 is 11.6 Å². The van der Waals surface area contributed by atoms with Gasteiger partial charge in [0.1, 0.15) is 5.75 Å². The number of halogens is 4. The lowest BCUT2D eigenvalue weighted by molar-refractivity contribution is -0.192. The van der Waals surface area contributed by atoms with Crippen LogP contribution in [0.3, 0.4) is 0 Å². The number of hydrogen-bond donors (Lipinski definition) is 1. The van der Waals surface area contributed by atoms with Gasteiger partial charge in [0.25, 0.3) is 5.91 Å². The van der Waals surface area contributed by atoms with Gasteiger partial charge in [0.05, 0.1) is 24.8 Å². The van der Waals surface area contributed by atoms with Crippen LogP contribution in [-0.4, -0.2) is 86.0 Å². The predicted molar refractivity (Wildman–Crippen MR) is 98.3 cm³/mol. The van der Waals surface area contributed by atoms with Gasteiger partial charge >= 0.3 is 12.1 Å². The van der Waals surface area contributed by atoms with Gasteiger partial charge in [-0.1, -0.05) is 11.6 Å². The lowest BCUT2D eigenvalue weighted by Crippen LogP contribution is -2.32. The van der Waals surface area contributed by atoms with Gasteiger partial charge in [-0.2, -0.15) is 13.2 Å². The van der Waals surface area contributed by atoms with Crippen LogP contribution in [0.25, 0.3) is 0 Å². The molecule has 2 aliphatic rings. The number of ether oxygens (including phenoxy) is 2. The average molecular weight is 439 g/mol. The molecule has 0 spiro atoms. The average Bonchev–Trinajstić information content (AvgIpc) is 2.94. The molecule has 7 nitrogen and oxygen atoms in total. The van der Waals surface area contributed by atoms with Crippen molar-refractivity contribution in [2.24, 2.45) is 5.92 Å². The Morgan fingerprint density at radius 3 is 2.48 bits per heavy atom. The summed E-state index contributed by atoms with van der Waals surface area (Å²) in [6.07, 6.45) is -4.94. The predicted octanol–water partition coefficient (Wildman–Crippen LogP) is 2.38. The molecule has 2 saturated heterocycles. The summed E-state index contributed by atoms with van der Waals surface area (Å²) in [6.45, 7) is 4.04. The monoisotopic (exact) mass is 438 g/mol. The molecule has 29 heavy (non-hydrogen) atoms. The number of aliphatic carboxylic acids is 1. The number of carboxylic acid groups (broad SMARTS) is 1. The molecule has 2 heterocycles.